The fraction of sp³-hybridized carbons (Fsp3) is 0.158. The molecule has 3 aromatic rings. The molecule has 7 heteroatoms. The minimum atomic E-state index is -4.44. The van der Waals surface area contributed by atoms with Gasteiger partial charge in [0.2, 0.25) is 5.91 Å². The van der Waals surface area contributed by atoms with E-state index in [0.717, 1.165) is 32.9 Å². The van der Waals surface area contributed by atoms with E-state index in [9.17, 15) is 18.0 Å². The minimum absolute atomic E-state index is 0.105. The number of hydrogen-bond acceptors (Lipinski definition) is 3. The van der Waals surface area contributed by atoms with Crippen LogP contribution in [-0.2, 0) is 17.4 Å². The lowest BCUT2D eigenvalue weighted by Gasteiger charge is -2.08. The first kappa shape index (κ1) is 18.1. The summed E-state index contributed by atoms with van der Waals surface area (Å²) in [6.45, 7) is 1.95. The van der Waals surface area contributed by atoms with Crippen LogP contribution in [0.2, 0.25) is 0 Å². The Balaban J connectivity index is 1.62. The highest BCUT2D eigenvalue weighted by Gasteiger charge is 2.30. The minimum Gasteiger partial charge on any atom is -0.323 e. The summed E-state index contributed by atoms with van der Waals surface area (Å²) in [6, 6.07) is 10.5. The van der Waals surface area contributed by atoms with Gasteiger partial charge in [-0.3, -0.25) is 4.79 Å². The summed E-state index contributed by atoms with van der Waals surface area (Å²) in [6.07, 6.45) is -0.925. The Bertz CT molecular complexity index is 976. The molecule has 1 N–H and O–H groups in total. The zero-order chi connectivity index (χ0) is 18.7. The molecular weight excluding hydrogens is 361 g/mol. The number of nitrogens with zero attached hydrogens (tertiary/aromatic N) is 1. The van der Waals surface area contributed by atoms with E-state index in [4.69, 9.17) is 0 Å². The second-order valence-corrected chi connectivity index (χ2v) is 6.94. The maximum atomic E-state index is 12.7. The summed E-state index contributed by atoms with van der Waals surface area (Å²) in [5, 5.41) is 3.43. The average molecular weight is 376 g/mol. The van der Waals surface area contributed by atoms with Crippen molar-refractivity contribution in [3.8, 4) is 0 Å². The van der Waals surface area contributed by atoms with Gasteiger partial charge in [0.05, 0.1) is 20.8 Å². The molecule has 0 saturated heterocycles. The summed E-state index contributed by atoms with van der Waals surface area (Å²) in [5.74, 6) is -0.477. The maximum absolute atomic E-state index is 12.7. The van der Waals surface area contributed by atoms with E-state index in [1.165, 1.54) is 18.2 Å². The van der Waals surface area contributed by atoms with Crippen molar-refractivity contribution in [1.29, 1.82) is 0 Å². The number of carbonyl (C=O) groups excluding carboxylic acids is 1. The third-order valence-electron chi connectivity index (χ3n) is 3.64. The highest BCUT2D eigenvalue weighted by molar-refractivity contribution is 7.18. The van der Waals surface area contributed by atoms with Gasteiger partial charge < -0.3 is 5.32 Å². The molecule has 0 aliphatic heterocycles. The molecule has 0 bridgehead atoms. The lowest BCUT2D eigenvalue weighted by Crippen LogP contribution is -2.10. The van der Waals surface area contributed by atoms with Gasteiger partial charge in [0.1, 0.15) is 0 Å². The molecule has 0 saturated carbocycles. The fourth-order valence-electron chi connectivity index (χ4n) is 2.47. The van der Waals surface area contributed by atoms with Crippen LogP contribution in [0.5, 0.6) is 0 Å². The van der Waals surface area contributed by atoms with E-state index >= 15 is 0 Å². The van der Waals surface area contributed by atoms with Crippen LogP contribution in [-0.4, -0.2) is 10.9 Å². The first-order chi connectivity index (χ1) is 12.3. The number of halogens is 3. The third-order valence-corrected chi connectivity index (χ3v) is 4.59. The predicted molar refractivity (Wildman–Crippen MR) is 97.3 cm³/mol. The van der Waals surface area contributed by atoms with Crippen LogP contribution in [0.1, 0.15) is 16.1 Å². The number of hydrogen-bond donors (Lipinski definition) is 1. The van der Waals surface area contributed by atoms with E-state index in [0.29, 0.717) is 6.42 Å². The van der Waals surface area contributed by atoms with E-state index < -0.39 is 17.6 Å². The summed E-state index contributed by atoms with van der Waals surface area (Å²) >= 11 is 1.62. The van der Waals surface area contributed by atoms with Crippen molar-refractivity contribution in [1.82, 2.24) is 4.98 Å². The number of nitrogens with one attached hydrogen (secondary N) is 1. The topological polar surface area (TPSA) is 42.0 Å². The van der Waals surface area contributed by atoms with Crippen LogP contribution in [0.3, 0.4) is 0 Å². The van der Waals surface area contributed by atoms with Crippen LogP contribution >= 0.6 is 11.3 Å². The van der Waals surface area contributed by atoms with Crippen LogP contribution in [0.15, 0.2) is 54.6 Å². The molecule has 0 unspecified atom stereocenters. The molecule has 3 nitrogen and oxygen atoms in total. The molecular formula is C19H15F3N2OS. The van der Waals surface area contributed by atoms with Crippen molar-refractivity contribution in [2.45, 2.75) is 19.5 Å². The number of aryl methyl sites for hydroxylation is 1. The quantitative estimate of drug-likeness (QED) is 0.623. The number of thiazole rings is 1. The highest BCUT2D eigenvalue weighted by Crippen LogP contribution is 2.30. The van der Waals surface area contributed by atoms with Gasteiger partial charge in [-0.2, -0.15) is 13.2 Å². The lowest BCUT2D eigenvalue weighted by atomic mass is 10.1. The van der Waals surface area contributed by atoms with Crippen molar-refractivity contribution in [3.05, 3.63) is 70.8 Å². The number of alkyl halides is 3. The van der Waals surface area contributed by atoms with Crippen LogP contribution in [0, 0.1) is 6.92 Å². The van der Waals surface area contributed by atoms with Crippen LogP contribution in [0.25, 0.3) is 10.2 Å². The second kappa shape index (κ2) is 7.29. The molecule has 3 rings (SSSR count). The molecule has 0 atom stereocenters. The first-order valence-electron chi connectivity index (χ1n) is 7.82. The van der Waals surface area contributed by atoms with Gasteiger partial charge in [-0.1, -0.05) is 18.2 Å². The summed E-state index contributed by atoms with van der Waals surface area (Å²) in [7, 11) is 0. The van der Waals surface area contributed by atoms with E-state index in [1.807, 2.05) is 25.1 Å². The molecule has 134 valence electrons. The molecule has 0 aliphatic carbocycles. The molecule has 2 aromatic carbocycles. The molecule has 1 amide bonds. The van der Waals surface area contributed by atoms with Gasteiger partial charge >= 0.3 is 6.18 Å². The normalized spacial score (nSPS) is 12.0. The number of amides is 1. The number of fused-ring (bicyclic) bond motifs is 1. The molecule has 26 heavy (non-hydrogen) atoms. The van der Waals surface area contributed by atoms with Gasteiger partial charge in [0.15, 0.2) is 0 Å². The van der Waals surface area contributed by atoms with Gasteiger partial charge in [-0.15, -0.1) is 11.3 Å². The van der Waals surface area contributed by atoms with Gasteiger partial charge in [0, 0.05) is 5.69 Å². The van der Waals surface area contributed by atoms with E-state index in [-0.39, 0.29) is 5.69 Å². The van der Waals surface area contributed by atoms with Gasteiger partial charge in [0.25, 0.3) is 0 Å². The monoisotopic (exact) mass is 376 g/mol. The molecule has 0 aliphatic rings. The number of aromatic nitrogens is 1. The number of carbonyl (C=O) groups is 1. The average Bonchev–Trinajstić information content (AvgIpc) is 2.93. The molecule has 0 fully saturated rings. The van der Waals surface area contributed by atoms with E-state index in [1.54, 1.807) is 17.4 Å². The largest absolute Gasteiger partial charge is 0.416 e. The zero-order valence-corrected chi connectivity index (χ0v) is 14.6. The Kier molecular flexibility index (Phi) is 5.08. The van der Waals surface area contributed by atoms with Crippen molar-refractivity contribution < 1.29 is 18.0 Å². The van der Waals surface area contributed by atoms with Crippen molar-refractivity contribution in [3.63, 3.8) is 0 Å². The molecule has 1 heterocycles. The Hall–Kier alpha value is -2.67. The predicted octanol–water partition coefficient (Wildman–Crippen LogP) is 5.36. The summed E-state index contributed by atoms with van der Waals surface area (Å²) in [5.41, 5.74) is 1.23. The van der Waals surface area contributed by atoms with Gasteiger partial charge in [-0.25, -0.2) is 4.98 Å². The molecule has 0 spiro atoms. The SMILES string of the molecule is Cc1nc2cc(CC=CC(=O)Nc3cccc(C(F)(F)F)c3)ccc2s1. The Morgan fingerprint density at radius 1 is 1.23 bits per heavy atom. The summed E-state index contributed by atoms with van der Waals surface area (Å²) in [4.78, 5) is 16.3. The van der Waals surface area contributed by atoms with Crippen LogP contribution < -0.4 is 5.32 Å². The Labute approximate surface area is 152 Å². The number of allylic oxidation sites excluding steroid dienone is 1. The number of rotatable bonds is 4. The highest BCUT2D eigenvalue weighted by atomic mass is 32.1. The smallest absolute Gasteiger partial charge is 0.323 e. The lowest BCUT2D eigenvalue weighted by molar-refractivity contribution is -0.137. The molecule has 0 radical (unpaired) electrons. The van der Waals surface area contributed by atoms with Gasteiger partial charge in [-0.05, 0) is 55.3 Å². The Morgan fingerprint density at radius 3 is 2.81 bits per heavy atom. The third kappa shape index (κ3) is 4.49. The van der Waals surface area contributed by atoms with Crippen molar-refractivity contribution >= 4 is 33.1 Å². The van der Waals surface area contributed by atoms with Crippen molar-refractivity contribution in [2.24, 2.45) is 0 Å². The standard InChI is InChI=1S/C19H15F3N2OS/c1-12-23-16-10-13(8-9-17(16)26-12)4-2-7-18(25)24-15-6-3-5-14(11-15)19(20,21)22/h2-3,5-11H,4H2,1H3,(H,24,25). The Morgan fingerprint density at radius 2 is 2.04 bits per heavy atom. The first-order valence-corrected chi connectivity index (χ1v) is 8.64. The maximum Gasteiger partial charge on any atom is 0.416 e. The fourth-order valence-corrected chi connectivity index (χ4v) is 3.28. The molecule has 1 aromatic heterocycles. The van der Waals surface area contributed by atoms with E-state index in [2.05, 4.69) is 10.3 Å². The van der Waals surface area contributed by atoms with Crippen LogP contribution in [0.4, 0.5) is 18.9 Å². The van der Waals surface area contributed by atoms with Crippen molar-refractivity contribution in [2.75, 3.05) is 5.32 Å². The zero-order valence-electron chi connectivity index (χ0n) is 13.8. The number of benzene rings is 2. The number of anilines is 1. The second-order valence-electron chi connectivity index (χ2n) is 5.71. The summed E-state index contributed by atoms with van der Waals surface area (Å²) < 4.78 is 39.1.